The molecular weight excluding hydrogens is 336 g/mol. The SMILES string of the molecule is O=C1Nc2ccc(Br)cc2/C1=N/c1n[nH]c(=S)s1. The summed E-state index contributed by atoms with van der Waals surface area (Å²) in [4.78, 5) is 16.1. The van der Waals surface area contributed by atoms with Gasteiger partial charge in [0.05, 0.1) is 5.69 Å². The molecule has 1 amide bonds. The van der Waals surface area contributed by atoms with E-state index in [1.165, 1.54) is 11.3 Å². The fourth-order valence-electron chi connectivity index (χ4n) is 1.60. The Morgan fingerprint density at radius 3 is 3.00 bits per heavy atom. The molecule has 0 atom stereocenters. The zero-order valence-corrected chi connectivity index (χ0v) is 11.9. The molecule has 2 heterocycles. The highest BCUT2D eigenvalue weighted by atomic mass is 79.9. The number of aliphatic imine (C=N–C) groups is 1. The molecule has 1 aromatic heterocycles. The van der Waals surface area contributed by atoms with Gasteiger partial charge >= 0.3 is 0 Å². The highest BCUT2D eigenvalue weighted by Gasteiger charge is 2.26. The predicted molar refractivity (Wildman–Crippen MR) is 76.3 cm³/mol. The van der Waals surface area contributed by atoms with Crippen LogP contribution in [0.1, 0.15) is 5.56 Å². The minimum absolute atomic E-state index is 0.232. The fraction of sp³-hybridized carbons (Fsp3) is 0. The highest BCUT2D eigenvalue weighted by Crippen LogP contribution is 2.28. The van der Waals surface area contributed by atoms with Crippen LogP contribution < -0.4 is 5.32 Å². The number of fused-ring (bicyclic) bond motifs is 1. The maximum atomic E-state index is 11.8. The molecule has 1 aliphatic rings. The van der Waals surface area contributed by atoms with E-state index in [0.29, 0.717) is 14.8 Å². The number of nitrogens with one attached hydrogen (secondary N) is 2. The highest BCUT2D eigenvalue weighted by molar-refractivity contribution is 9.10. The van der Waals surface area contributed by atoms with E-state index in [4.69, 9.17) is 12.2 Å². The predicted octanol–water partition coefficient (Wildman–Crippen LogP) is 3.04. The molecule has 0 fully saturated rings. The minimum atomic E-state index is -0.232. The van der Waals surface area contributed by atoms with Crippen molar-refractivity contribution in [3.63, 3.8) is 0 Å². The summed E-state index contributed by atoms with van der Waals surface area (Å²) in [5.74, 6) is -0.232. The molecule has 1 aromatic carbocycles. The lowest BCUT2D eigenvalue weighted by molar-refractivity contribution is -0.110. The average molecular weight is 341 g/mol. The number of benzene rings is 1. The molecule has 8 heteroatoms. The Bertz CT molecular complexity index is 733. The van der Waals surface area contributed by atoms with Gasteiger partial charge in [-0.3, -0.25) is 9.89 Å². The van der Waals surface area contributed by atoms with Crippen molar-refractivity contribution in [2.24, 2.45) is 4.99 Å². The van der Waals surface area contributed by atoms with Gasteiger partial charge < -0.3 is 5.32 Å². The van der Waals surface area contributed by atoms with Gasteiger partial charge in [0.15, 0.2) is 3.95 Å². The number of anilines is 1. The van der Waals surface area contributed by atoms with Gasteiger partial charge in [-0.15, -0.1) is 5.10 Å². The summed E-state index contributed by atoms with van der Waals surface area (Å²) in [5, 5.41) is 9.74. The van der Waals surface area contributed by atoms with Crippen LogP contribution in [0.25, 0.3) is 0 Å². The van der Waals surface area contributed by atoms with Crippen molar-refractivity contribution in [2.75, 3.05) is 5.32 Å². The molecule has 2 aromatic rings. The zero-order valence-electron chi connectivity index (χ0n) is 8.73. The number of hydrogen-bond donors (Lipinski definition) is 2. The van der Waals surface area contributed by atoms with Gasteiger partial charge in [-0.1, -0.05) is 27.3 Å². The Morgan fingerprint density at radius 2 is 2.28 bits per heavy atom. The number of nitrogens with zero attached hydrogens (tertiary/aromatic N) is 2. The third-order valence-corrected chi connectivity index (χ3v) is 3.81. The first kappa shape index (κ1) is 11.7. The quantitative estimate of drug-likeness (QED) is 0.784. The lowest BCUT2D eigenvalue weighted by Gasteiger charge is -1.97. The van der Waals surface area contributed by atoms with Gasteiger partial charge in [0.1, 0.15) is 5.71 Å². The lowest BCUT2D eigenvalue weighted by Crippen LogP contribution is -2.13. The van der Waals surface area contributed by atoms with E-state index in [0.717, 1.165) is 15.7 Å². The Hall–Kier alpha value is -1.38. The van der Waals surface area contributed by atoms with Crippen molar-refractivity contribution in [3.8, 4) is 0 Å². The molecule has 0 saturated carbocycles. The summed E-state index contributed by atoms with van der Waals surface area (Å²) in [6, 6.07) is 5.53. The van der Waals surface area contributed by atoms with Crippen LogP contribution in [0, 0.1) is 3.95 Å². The molecule has 0 bridgehead atoms. The number of aromatic nitrogens is 2. The molecular formula is C10H5BrN4OS2. The van der Waals surface area contributed by atoms with E-state index >= 15 is 0 Å². The normalized spacial score (nSPS) is 15.8. The van der Waals surface area contributed by atoms with E-state index in [-0.39, 0.29) is 5.91 Å². The van der Waals surface area contributed by atoms with Crippen molar-refractivity contribution in [2.45, 2.75) is 0 Å². The Morgan fingerprint density at radius 1 is 1.44 bits per heavy atom. The molecule has 2 N–H and O–H groups in total. The second-order valence-electron chi connectivity index (χ2n) is 3.50. The molecule has 18 heavy (non-hydrogen) atoms. The summed E-state index contributed by atoms with van der Waals surface area (Å²) >= 11 is 9.52. The van der Waals surface area contributed by atoms with E-state index in [9.17, 15) is 4.79 Å². The number of amides is 1. The van der Waals surface area contributed by atoms with Crippen LogP contribution in [0.3, 0.4) is 0 Å². The summed E-state index contributed by atoms with van der Waals surface area (Å²) < 4.78 is 1.42. The molecule has 0 radical (unpaired) electrons. The summed E-state index contributed by atoms with van der Waals surface area (Å²) in [5.41, 5.74) is 1.86. The number of halogens is 1. The number of hydrogen-bond acceptors (Lipinski definition) is 5. The van der Waals surface area contributed by atoms with Crippen LogP contribution in [0.15, 0.2) is 27.7 Å². The third-order valence-electron chi connectivity index (χ3n) is 2.33. The topological polar surface area (TPSA) is 70.1 Å². The first-order valence-electron chi connectivity index (χ1n) is 4.89. The number of H-pyrrole nitrogens is 1. The van der Waals surface area contributed by atoms with E-state index in [1.807, 2.05) is 18.2 Å². The van der Waals surface area contributed by atoms with Crippen LogP contribution >= 0.6 is 39.5 Å². The monoisotopic (exact) mass is 340 g/mol. The number of aromatic amines is 1. The molecule has 0 spiro atoms. The van der Waals surface area contributed by atoms with Crippen molar-refractivity contribution in [3.05, 3.63) is 32.2 Å². The average Bonchev–Trinajstić information content (AvgIpc) is 2.86. The first-order chi connectivity index (χ1) is 8.63. The largest absolute Gasteiger partial charge is 0.320 e. The number of carbonyl (C=O) groups is 1. The van der Waals surface area contributed by atoms with Gasteiger partial charge in [0, 0.05) is 10.0 Å². The molecule has 1 aliphatic heterocycles. The summed E-state index contributed by atoms with van der Waals surface area (Å²) in [6.45, 7) is 0. The molecule has 5 nitrogen and oxygen atoms in total. The molecule has 3 rings (SSSR count). The van der Waals surface area contributed by atoms with Crippen LogP contribution in [0.4, 0.5) is 10.8 Å². The first-order valence-corrected chi connectivity index (χ1v) is 6.91. The van der Waals surface area contributed by atoms with Gasteiger partial charge in [0.25, 0.3) is 5.91 Å². The second kappa shape index (κ2) is 4.38. The van der Waals surface area contributed by atoms with Crippen molar-refractivity contribution in [1.29, 1.82) is 0 Å². The van der Waals surface area contributed by atoms with Gasteiger partial charge in [-0.05, 0) is 30.4 Å². The van der Waals surface area contributed by atoms with Crippen LogP contribution in [0.5, 0.6) is 0 Å². The summed E-state index contributed by atoms with van der Waals surface area (Å²) in [6.07, 6.45) is 0. The maximum Gasteiger partial charge on any atom is 0.275 e. The Kier molecular flexibility index (Phi) is 2.84. The van der Waals surface area contributed by atoms with E-state index in [2.05, 4.69) is 36.4 Å². The third kappa shape index (κ3) is 2.02. The van der Waals surface area contributed by atoms with Crippen molar-refractivity contribution >= 4 is 61.9 Å². The molecule has 90 valence electrons. The van der Waals surface area contributed by atoms with E-state index in [1.54, 1.807) is 0 Å². The standard InChI is InChI=1S/C10H5BrN4OS2/c11-4-1-2-6-5(3-4)7(8(16)12-6)13-9-14-15-10(17)18-9/h1-3H,(H,15,17)(H,12,13,14,16). The minimum Gasteiger partial charge on any atom is -0.320 e. The molecule has 0 saturated heterocycles. The van der Waals surface area contributed by atoms with Crippen LogP contribution in [-0.2, 0) is 4.79 Å². The van der Waals surface area contributed by atoms with Gasteiger partial charge in [-0.25, -0.2) is 4.99 Å². The van der Waals surface area contributed by atoms with Crippen LogP contribution in [-0.4, -0.2) is 21.8 Å². The lowest BCUT2D eigenvalue weighted by atomic mass is 10.1. The van der Waals surface area contributed by atoms with Gasteiger partial charge in [-0.2, -0.15) is 0 Å². The van der Waals surface area contributed by atoms with E-state index < -0.39 is 0 Å². The zero-order chi connectivity index (χ0) is 12.7. The van der Waals surface area contributed by atoms with Crippen LogP contribution in [0.2, 0.25) is 0 Å². The molecule has 0 aliphatic carbocycles. The maximum absolute atomic E-state index is 11.8. The number of carbonyl (C=O) groups excluding carboxylic acids is 1. The number of rotatable bonds is 1. The fourth-order valence-corrected chi connectivity index (χ4v) is 2.72. The Balaban J connectivity index is 2.14. The smallest absolute Gasteiger partial charge is 0.275 e. The van der Waals surface area contributed by atoms with Gasteiger partial charge in [0.2, 0.25) is 5.13 Å². The van der Waals surface area contributed by atoms with Crippen molar-refractivity contribution in [1.82, 2.24) is 10.2 Å². The summed E-state index contributed by atoms with van der Waals surface area (Å²) in [7, 11) is 0. The molecule has 0 unspecified atom stereocenters. The Labute approximate surface area is 119 Å². The van der Waals surface area contributed by atoms with Crippen molar-refractivity contribution < 1.29 is 4.79 Å². The second-order valence-corrected chi connectivity index (χ2v) is 6.06.